The highest BCUT2D eigenvalue weighted by Gasteiger charge is 2.42. The van der Waals surface area contributed by atoms with E-state index in [2.05, 4.69) is 15.6 Å². The third-order valence-corrected chi connectivity index (χ3v) is 6.64. The van der Waals surface area contributed by atoms with E-state index < -0.39 is 0 Å². The number of benzene rings is 2. The lowest BCUT2D eigenvalue weighted by atomic mass is 10.0. The van der Waals surface area contributed by atoms with Crippen LogP contribution in [-0.4, -0.2) is 27.7 Å². The summed E-state index contributed by atoms with van der Waals surface area (Å²) in [5, 5.41) is 6.82. The lowest BCUT2D eigenvalue weighted by Gasteiger charge is -2.29. The molecule has 0 spiro atoms. The molecular weight excluding hydrogens is 489 g/mol. The van der Waals surface area contributed by atoms with Gasteiger partial charge in [0.25, 0.3) is 0 Å². The molecule has 0 saturated carbocycles. The van der Waals surface area contributed by atoms with Gasteiger partial charge in [-0.3, -0.25) is 9.78 Å². The Kier molecular flexibility index (Phi) is 6.87. The number of nitrogens with zero attached hydrogens (tertiary/aromatic N) is 3. The molecule has 9 heteroatoms. The Balaban J connectivity index is 1.63. The van der Waals surface area contributed by atoms with Crippen molar-refractivity contribution >= 4 is 34.6 Å². The van der Waals surface area contributed by atoms with Gasteiger partial charge in [0.2, 0.25) is 5.91 Å². The number of hydrogen-bond donors (Lipinski definition) is 2. The number of nitrogens with one attached hydrogen (secondary N) is 2. The van der Waals surface area contributed by atoms with Gasteiger partial charge in [-0.15, -0.1) is 0 Å². The third kappa shape index (κ3) is 4.77. The zero-order chi connectivity index (χ0) is 25.9. The highest BCUT2D eigenvalue weighted by molar-refractivity contribution is 7.80. The maximum Gasteiger partial charge on any atom is 0.224 e. The quantitative estimate of drug-likeness (QED) is 0.315. The molecule has 1 saturated heterocycles. The number of carbonyl (C=O) groups excluding carboxylic acids is 1. The van der Waals surface area contributed by atoms with Crippen LogP contribution >= 0.6 is 12.2 Å². The first kappa shape index (κ1) is 24.5. The second-order valence-electron chi connectivity index (χ2n) is 8.57. The third-order valence-electron chi connectivity index (χ3n) is 6.33. The van der Waals surface area contributed by atoms with Crippen molar-refractivity contribution in [3.05, 3.63) is 102 Å². The van der Waals surface area contributed by atoms with Crippen molar-refractivity contribution in [1.82, 2.24) is 14.9 Å². The maximum atomic E-state index is 14.1. The Bertz CT molecular complexity index is 1440. The van der Waals surface area contributed by atoms with Gasteiger partial charge in [-0.25, -0.2) is 4.39 Å². The molecule has 2 aromatic heterocycles. The summed E-state index contributed by atoms with van der Waals surface area (Å²) in [4.78, 5) is 18.6. The van der Waals surface area contributed by atoms with Crippen LogP contribution in [0.25, 0.3) is 5.69 Å². The van der Waals surface area contributed by atoms with E-state index >= 15 is 0 Å². The Morgan fingerprint density at radius 3 is 2.70 bits per heavy atom. The van der Waals surface area contributed by atoms with Gasteiger partial charge in [-0.05, 0) is 66.8 Å². The van der Waals surface area contributed by atoms with Crippen molar-refractivity contribution in [2.45, 2.75) is 25.4 Å². The van der Waals surface area contributed by atoms with E-state index in [-0.39, 0.29) is 23.8 Å². The van der Waals surface area contributed by atoms with Crippen molar-refractivity contribution in [3.8, 4) is 11.4 Å². The number of aromatic nitrogens is 2. The highest BCUT2D eigenvalue weighted by Crippen LogP contribution is 2.43. The summed E-state index contributed by atoms with van der Waals surface area (Å²) in [5.41, 5.74) is 3.78. The summed E-state index contributed by atoms with van der Waals surface area (Å²) in [6.07, 6.45) is 4.01. The van der Waals surface area contributed by atoms with Gasteiger partial charge in [-0.2, -0.15) is 0 Å². The van der Waals surface area contributed by atoms with Crippen LogP contribution in [0.3, 0.4) is 0 Å². The molecule has 2 N–H and O–H groups in total. The minimum absolute atomic E-state index is 0.106. The first-order chi connectivity index (χ1) is 18.0. The predicted octanol–water partition coefficient (Wildman–Crippen LogP) is 5.55. The monoisotopic (exact) mass is 515 g/mol. The second-order valence-corrected chi connectivity index (χ2v) is 8.95. The molecule has 2 aromatic carbocycles. The van der Waals surface area contributed by atoms with E-state index in [1.807, 2.05) is 64.2 Å². The van der Waals surface area contributed by atoms with E-state index in [0.717, 1.165) is 17.1 Å². The molecule has 7 nitrogen and oxygen atoms in total. The smallest absolute Gasteiger partial charge is 0.224 e. The van der Waals surface area contributed by atoms with Crippen LogP contribution in [-0.2, 0) is 4.79 Å². The van der Waals surface area contributed by atoms with Gasteiger partial charge in [0, 0.05) is 41.9 Å². The Labute approximate surface area is 219 Å². The van der Waals surface area contributed by atoms with Gasteiger partial charge in [0.1, 0.15) is 17.6 Å². The number of carbonyl (C=O) groups is 1. The number of ether oxygens (including phenoxy) is 1. The van der Waals surface area contributed by atoms with Crippen LogP contribution in [0.5, 0.6) is 5.75 Å². The van der Waals surface area contributed by atoms with Crippen LogP contribution in [0.2, 0.25) is 0 Å². The van der Waals surface area contributed by atoms with E-state index in [9.17, 15) is 9.18 Å². The van der Waals surface area contributed by atoms with Crippen molar-refractivity contribution in [1.29, 1.82) is 0 Å². The van der Waals surface area contributed by atoms with Crippen molar-refractivity contribution in [2.24, 2.45) is 0 Å². The summed E-state index contributed by atoms with van der Waals surface area (Å²) >= 11 is 5.84. The molecule has 1 fully saturated rings. The molecule has 5 rings (SSSR count). The van der Waals surface area contributed by atoms with E-state index in [0.29, 0.717) is 28.7 Å². The minimum Gasteiger partial charge on any atom is -0.494 e. The number of methoxy groups -OCH3 is 1. The summed E-state index contributed by atoms with van der Waals surface area (Å²) in [6.45, 7) is 1.79. The summed E-state index contributed by atoms with van der Waals surface area (Å²) in [5.74, 6) is 0.0953. The van der Waals surface area contributed by atoms with E-state index in [1.54, 1.807) is 32.4 Å². The number of pyridine rings is 1. The van der Waals surface area contributed by atoms with Gasteiger partial charge in [0.05, 0.1) is 24.5 Å². The molecule has 1 aliphatic rings. The number of thiocarbonyl (C=S) groups is 1. The minimum atomic E-state index is -0.318. The molecule has 0 unspecified atom stereocenters. The van der Waals surface area contributed by atoms with Crippen molar-refractivity contribution < 1.29 is 13.9 Å². The number of amides is 1. The molecule has 3 heterocycles. The van der Waals surface area contributed by atoms with Gasteiger partial charge in [0.15, 0.2) is 5.11 Å². The molecule has 1 amide bonds. The van der Waals surface area contributed by atoms with E-state index in [1.165, 1.54) is 12.1 Å². The van der Waals surface area contributed by atoms with Gasteiger partial charge in [-0.1, -0.05) is 19.1 Å². The second kappa shape index (κ2) is 10.4. The number of halogens is 1. The average Bonchev–Trinajstić information content (AvgIpc) is 3.53. The van der Waals surface area contributed by atoms with Crippen molar-refractivity contribution in [3.63, 3.8) is 0 Å². The molecule has 1 aliphatic heterocycles. The zero-order valence-corrected chi connectivity index (χ0v) is 21.2. The fraction of sp³-hybridized carbons (Fsp3) is 0.179. The van der Waals surface area contributed by atoms with Crippen LogP contribution < -0.4 is 20.3 Å². The van der Waals surface area contributed by atoms with Crippen molar-refractivity contribution in [2.75, 3.05) is 17.3 Å². The Morgan fingerprint density at radius 2 is 1.97 bits per heavy atom. The van der Waals surface area contributed by atoms with Crippen LogP contribution in [0.15, 0.2) is 85.2 Å². The largest absolute Gasteiger partial charge is 0.494 e. The van der Waals surface area contributed by atoms with Crippen LogP contribution in [0.4, 0.5) is 15.8 Å². The van der Waals surface area contributed by atoms with E-state index in [4.69, 9.17) is 17.0 Å². The van der Waals surface area contributed by atoms with Crippen LogP contribution in [0.1, 0.15) is 36.8 Å². The molecule has 4 aromatic rings. The predicted molar refractivity (Wildman–Crippen MR) is 146 cm³/mol. The SMILES string of the molecule is CCC(=O)Nc1ccc(N2C(=S)N[C@@H](c3ccccn3)[C@@H]2c2cccn2-c2cccc(F)c2)cc1OC. The summed E-state index contributed by atoms with van der Waals surface area (Å²) in [7, 11) is 1.56. The summed E-state index contributed by atoms with van der Waals surface area (Å²) in [6, 6.07) is 21.1. The normalized spacial score (nSPS) is 16.9. The van der Waals surface area contributed by atoms with Gasteiger partial charge < -0.3 is 24.8 Å². The Hall–Kier alpha value is -4.24. The van der Waals surface area contributed by atoms with Gasteiger partial charge >= 0.3 is 0 Å². The average molecular weight is 516 g/mol. The number of rotatable bonds is 7. The number of hydrogen-bond acceptors (Lipinski definition) is 4. The highest BCUT2D eigenvalue weighted by atomic mass is 32.1. The summed E-state index contributed by atoms with van der Waals surface area (Å²) < 4.78 is 21.7. The molecule has 2 atom stereocenters. The zero-order valence-electron chi connectivity index (χ0n) is 20.4. The molecule has 0 aliphatic carbocycles. The lowest BCUT2D eigenvalue weighted by molar-refractivity contribution is -0.115. The molecular formula is C28H26FN5O2S. The fourth-order valence-corrected chi connectivity index (χ4v) is 4.95. The first-order valence-electron chi connectivity index (χ1n) is 11.9. The Morgan fingerprint density at radius 1 is 1.11 bits per heavy atom. The molecule has 0 bridgehead atoms. The molecule has 0 radical (unpaired) electrons. The topological polar surface area (TPSA) is 71.4 Å². The first-order valence-corrected chi connectivity index (χ1v) is 12.3. The standard InChI is InChI=1S/C28H26FN5O2S/c1-3-25(35)31-21-13-12-20(17-24(21)36-2)34-27(26(32-28(34)37)22-10-4-5-14-30-22)23-11-7-15-33(23)19-9-6-8-18(29)16-19/h4-17,26-27H,3H2,1-2H3,(H,31,35)(H,32,37)/t26-,27-/m0/s1. The number of anilines is 2. The fourth-order valence-electron chi connectivity index (χ4n) is 4.60. The van der Waals surface area contributed by atoms with Crippen LogP contribution in [0, 0.1) is 5.82 Å². The lowest BCUT2D eigenvalue weighted by Crippen LogP contribution is -2.30. The maximum absolute atomic E-state index is 14.1. The molecule has 37 heavy (non-hydrogen) atoms. The molecule has 188 valence electrons.